The number of nitrogen functional groups attached to an aromatic ring is 2. The maximum absolute atomic E-state index is 12.6. The molecular formula is C44H46N8Na2O12. The zero-order chi connectivity index (χ0) is 46.5. The number of hydrogen-bond donors (Lipinski definition) is 6. The Bertz CT molecular complexity index is 2780. The Morgan fingerprint density at radius 1 is 0.621 bits per heavy atom. The number of carboxylic acids is 2. The van der Waals surface area contributed by atoms with E-state index in [9.17, 15) is 48.6 Å². The second-order valence-corrected chi connectivity index (χ2v) is 14.9. The van der Waals surface area contributed by atoms with E-state index in [-0.39, 0.29) is 132 Å². The number of H-pyrrole nitrogens is 4. The number of ketones is 2. The smallest absolute Gasteiger partial charge is 0.550 e. The summed E-state index contributed by atoms with van der Waals surface area (Å²) in [4.78, 5) is 113. The van der Waals surface area contributed by atoms with E-state index in [1.807, 2.05) is 0 Å². The molecule has 6 aromatic rings. The number of nitrogens with two attached hydrogens (primary N) is 2. The van der Waals surface area contributed by atoms with Crippen molar-refractivity contribution in [3.05, 3.63) is 115 Å². The van der Waals surface area contributed by atoms with Crippen LogP contribution in [0.4, 0.5) is 11.9 Å². The van der Waals surface area contributed by atoms with Gasteiger partial charge in [-0.25, -0.2) is 0 Å². The standard InChI is InChI=1S/2C22H24N4O6.2Na/c1-32-17(28)9-8-14(21(30)31)10-16(27)13-5-2-12(3-6-13)4-7-15-11-24-19-18(15)20(29)26-22(23)25-19;1-32-21(31)14(8-9-17(28)29)10-16(27)13-5-2-12(3-6-13)4-7-15-11-24-19-18(15)20(30)26-22(23)25-19;;/h2-3,5-6,11,14H,4,7-10H2,1H3,(H,30,31)(H4,23,24,25,26,29);2-3,5-6,11,14H,4,7-10H2,1H3,(H,28,29)(H4,23,24,25,26,30);;/q;;2*+1/p-2/t2*14-;;/m11../s1. The number of methoxy groups -OCH3 is 2. The molecule has 2 atom stereocenters. The average Bonchev–Trinajstić information content (AvgIpc) is 3.88. The van der Waals surface area contributed by atoms with Crippen molar-refractivity contribution in [2.24, 2.45) is 11.8 Å². The maximum Gasteiger partial charge on any atom is 1.00 e. The van der Waals surface area contributed by atoms with Crippen molar-refractivity contribution < 1.29 is 108 Å². The van der Waals surface area contributed by atoms with Crippen LogP contribution in [0.15, 0.2) is 70.5 Å². The van der Waals surface area contributed by atoms with Gasteiger partial charge in [-0.1, -0.05) is 48.5 Å². The quantitative estimate of drug-likeness (QED) is 0.0237. The Balaban J connectivity index is 0.000000340. The molecular weight excluding hydrogens is 879 g/mol. The molecule has 0 radical (unpaired) electrons. The number of anilines is 2. The fraction of sp³-hybridized carbons (Fsp3) is 0.318. The van der Waals surface area contributed by atoms with Gasteiger partial charge in [0, 0.05) is 60.6 Å². The Hall–Kier alpha value is -5.90. The van der Waals surface area contributed by atoms with Gasteiger partial charge in [-0.05, 0) is 67.2 Å². The van der Waals surface area contributed by atoms with E-state index in [0.717, 1.165) is 22.3 Å². The van der Waals surface area contributed by atoms with Crippen molar-refractivity contribution in [1.29, 1.82) is 0 Å². The van der Waals surface area contributed by atoms with Crippen LogP contribution in [0.2, 0.25) is 0 Å². The number of nitrogens with one attached hydrogen (secondary N) is 4. The number of hydrogen-bond acceptors (Lipinski definition) is 16. The number of ether oxygens (including phenoxy) is 2. The Morgan fingerprint density at radius 3 is 1.44 bits per heavy atom. The van der Waals surface area contributed by atoms with Gasteiger partial charge in [0.2, 0.25) is 11.9 Å². The minimum atomic E-state index is -1.37. The first-order chi connectivity index (χ1) is 30.6. The van der Waals surface area contributed by atoms with Gasteiger partial charge in [0.15, 0.2) is 11.6 Å². The molecule has 20 nitrogen and oxygen atoms in total. The molecule has 0 bridgehead atoms. The van der Waals surface area contributed by atoms with Crippen LogP contribution in [0.3, 0.4) is 0 Å². The number of carbonyl (C=O) groups is 6. The zero-order valence-electron chi connectivity index (χ0n) is 36.9. The van der Waals surface area contributed by atoms with E-state index in [2.05, 4.69) is 39.4 Å². The van der Waals surface area contributed by atoms with E-state index in [1.165, 1.54) is 14.2 Å². The van der Waals surface area contributed by atoms with Crippen LogP contribution in [-0.4, -0.2) is 79.6 Å². The number of Topliss-reactive ketones (excluding diaryl/α,β-unsaturated/α-hetero) is 2. The summed E-state index contributed by atoms with van der Waals surface area (Å²) in [6.45, 7) is 0. The van der Waals surface area contributed by atoms with Crippen LogP contribution in [-0.2, 0) is 54.3 Å². The predicted molar refractivity (Wildman–Crippen MR) is 227 cm³/mol. The molecule has 0 amide bonds. The molecule has 2 aromatic carbocycles. The van der Waals surface area contributed by atoms with Crippen molar-refractivity contribution >= 4 is 69.4 Å². The summed E-state index contributed by atoms with van der Waals surface area (Å²) < 4.78 is 9.17. The van der Waals surface area contributed by atoms with Crippen LogP contribution in [0.25, 0.3) is 22.1 Å². The van der Waals surface area contributed by atoms with Gasteiger partial charge in [0.1, 0.15) is 11.3 Å². The van der Waals surface area contributed by atoms with Gasteiger partial charge in [0.05, 0.1) is 30.9 Å². The fourth-order valence-electron chi connectivity index (χ4n) is 7.05. The summed E-state index contributed by atoms with van der Waals surface area (Å²) >= 11 is 0. The topological polar surface area (TPSA) is 342 Å². The van der Waals surface area contributed by atoms with Crippen LogP contribution < -0.4 is 91.9 Å². The molecule has 0 saturated carbocycles. The second kappa shape index (κ2) is 25.7. The van der Waals surface area contributed by atoms with Crippen molar-refractivity contribution in [2.45, 2.75) is 64.2 Å². The molecule has 22 heteroatoms. The summed E-state index contributed by atoms with van der Waals surface area (Å²) in [5.41, 5.74) is 15.7. The molecule has 66 heavy (non-hydrogen) atoms. The number of aryl methyl sites for hydroxylation is 4. The van der Waals surface area contributed by atoms with Gasteiger partial charge in [-0.15, -0.1) is 0 Å². The monoisotopic (exact) mass is 924 g/mol. The van der Waals surface area contributed by atoms with E-state index >= 15 is 0 Å². The number of carboxylic acid groups (broad SMARTS) is 2. The Kier molecular flexibility index (Phi) is 21.2. The van der Waals surface area contributed by atoms with E-state index in [4.69, 9.17) is 11.5 Å². The van der Waals surface area contributed by atoms with Gasteiger partial charge in [0.25, 0.3) is 11.1 Å². The number of aromatic amines is 4. The Morgan fingerprint density at radius 2 is 1.05 bits per heavy atom. The first-order valence-corrected chi connectivity index (χ1v) is 20.1. The third kappa shape index (κ3) is 15.1. The number of carbonyl (C=O) groups excluding carboxylic acids is 6. The van der Waals surface area contributed by atoms with Crippen LogP contribution in [0, 0.1) is 11.8 Å². The number of aromatic nitrogens is 6. The van der Waals surface area contributed by atoms with Gasteiger partial charge in [-0.2, -0.15) is 9.97 Å². The molecule has 8 N–H and O–H groups in total. The van der Waals surface area contributed by atoms with Crippen LogP contribution in [0.1, 0.15) is 81.5 Å². The summed E-state index contributed by atoms with van der Waals surface area (Å²) in [5, 5.41) is 22.9. The number of rotatable bonds is 20. The molecule has 0 aliphatic heterocycles. The average molecular weight is 925 g/mol. The number of aliphatic carboxylic acids is 2. The fourth-order valence-corrected chi connectivity index (χ4v) is 7.05. The third-order valence-electron chi connectivity index (χ3n) is 10.6. The van der Waals surface area contributed by atoms with Crippen molar-refractivity contribution in [2.75, 3.05) is 25.7 Å². The third-order valence-corrected chi connectivity index (χ3v) is 10.6. The van der Waals surface area contributed by atoms with Crippen LogP contribution >= 0.6 is 0 Å². The summed E-state index contributed by atoms with van der Waals surface area (Å²) in [6.07, 6.45) is 4.96. The minimum Gasteiger partial charge on any atom is -0.550 e. The normalized spacial score (nSPS) is 11.5. The molecule has 0 unspecified atom stereocenters. The summed E-state index contributed by atoms with van der Waals surface area (Å²) in [7, 11) is 2.41. The number of fused-ring (bicyclic) bond motifs is 2. The van der Waals surface area contributed by atoms with Gasteiger partial charge in [-0.3, -0.25) is 38.7 Å². The zero-order valence-corrected chi connectivity index (χ0v) is 40.9. The molecule has 0 aliphatic carbocycles. The van der Waals surface area contributed by atoms with E-state index in [0.29, 0.717) is 58.9 Å². The van der Waals surface area contributed by atoms with E-state index < -0.39 is 35.7 Å². The maximum atomic E-state index is 12.6. The first kappa shape index (κ1) is 54.4. The van der Waals surface area contributed by atoms with Crippen molar-refractivity contribution in [3.63, 3.8) is 0 Å². The molecule has 0 spiro atoms. The van der Waals surface area contributed by atoms with E-state index in [1.54, 1.807) is 60.9 Å². The van der Waals surface area contributed by atoms with Gasteiger partial charge < -0.3 is 50.7 Å². The second-order valence-electron chi connectivity index (χ2n) is 14.9. The molecule has 336 valence electrons. The van der Waals surface area contributed by atoms with Gasteiger partial charge >= 0.3 is 71.1 Å². The minimum absolute atomic E-state index is 0. The number of esters is 2. The molecule has 4 aromatic heterocycles. The number of nitrogens with zero attached hydrogens (tertiary/aromatic N) is 2. The molecule has 4 heterocycles. The summed E-state index contributed by atoms with van der Waals surface area (Å²) in [6, 6.07) is 13.8. The van der Waals surface area contributed by atoms with Crippen LogP contribution in [0.5, 0.6) is 0 Å². The van der Waals surface area contributed by atoms with Crippen molar-refractivity contribution in [1.82, 2.24) is 29.9 Å². The molecule has 0 fully saturated rings. The first-order valence-electron chi connectivity index (χ1n) is 20.1. The largest absolute Gasteiger partial charge is 1.00 e. The molecule has 0 aliphatic rings. The SMILES string of the molecule is COC(=O)CC[C@H](CC(=O)c1ccc(CCc2c[nH]c3nc(N)[nH]c(=O)c23)cc1)C(=O)[O-].COC(=O)[C@H](CCC(=O)[O-])CC(=O)c1ccc(CCc2c[nH]c3nc(N)[nH]c(=O)c23)cc1.[Na+].[Na+]. The molecule has 0 saturated heterocycles. The van der Waals surface area contributed by atoms with Crippen molar-refractivity contribution in [3.8, 4) is 0 Å². The Labute approximate surface area is 420 Å². The predicted octanol–water partition coefficient (Wildman–Crippen LogP) is -4.97. The number of benzene rings is 2. The summed E-state index contributed by atoms with van der Waals surface area (Å²) in [5.74, 6) is -6.26. The molecule has 6 rings (SSSR count).